The molecule has 0 aliphatic carbocycles. The van der Waals surface area contributed by atoms with Gasteiger partial charge in [-0.3, -0.25) is 9.59 Å². The number of rotatable bonds is 4. The standard InChI is InChI=1S/C18H18ClN3O2/c1-11-3-4-15(7-12(11)2)21-17(23)5-6-18(24)22-16-9-13(19)8-14(20)10-16/h3-10H,20H2,1-2H3,(H,21,23)(H,22,24). The van der Waals surface area contributed by atoms with E-state index in [9.17, 15) is 9.59 Å². The first-order chi connectivity index (χ1) is 11.3. The molecule has 5 nitrogen and oxygen atoms in total. The van der Waals surface area contributed by atoms with Gasteiger partial charge in [0.15, 0.2) is 0 Å². The summed E-state index contributed by atoms with van der Waals surface area (Å²) in [6.45, 7) is 3.96. The van der Waals surface area contributed by atoms with E-state index in [0.717, 1.165) is 17.2 Å². The quantitative estimate of drug-likeness (QED) is 0.585. The topological polar surface area (TPSA) is 84.2 Å². The van der Waals surface area contributed by atoms with Gasteiger partial charge in [0.25, 0.3) is 0 Å². The minimum absolute atomic E-state index is 0.390. The molecule has 0 saturated carbocycles. The van der Waals surface area contributed by atoms with E-state index < -0.39 is 5.91 Å². The van der Waals surface area contributed by atoms with Crippen LogP contribution in [0.1, 0.15) is 11.1 Å². The van der Waals surface area contributed by atoms with E-state index in [1.807, 2.05) is 32.0 Å². The van der Waals surface area contributed by atoms with Crippen LogP contribution in [0.5, 0.6) is 0 Å². The number of hydrogen-bond acceptors (Lipinski definition) is 3. The summed E-state index contributed by atoms with van der Waals surface area (Å²) in [5.74, 6) is -0.842. The molecular formula is C18H18ClN3O2. The van der Waals surface area contributed by atoms with Gasteiger partial charge < -0.3 is 16.4 Å². The van der Waals surface area contributed by atoms with Crippen molar-refractivity contribution in [1.82, 2.24) is 0 Å². The Morgan fingerprint density at radius 1 is 0.917 bits per heavy atom. The first-order valence-corrected chi connectivity index (χ1v) is 7.64. The van der Waals surface area contributed by atoms with Crippen molar-refractivity contribution in [2.24, 2.45) is 0 Å². The van der Waals surface area contributed by atoms with E-state index in [1.54, 1.807) is 18.2 Å². The molecule has 2 aromatic carbocycles. The van der Waals surface area contributed by atoms with E-state index >= 15 is 0 Å². The molecule has 0 saturated heterocycles. The lowest BCUT2D eigenvalue weighted by atomic mass is 10.1. The molecule has 0 unspecified atom stereocenters. The van der Waals surface area contributed by atoms with Gasteiger partial charge in [0.1, 0.15) is 0 Å². The fourth-order valence-corrected chi connectivity index (χ4v) is 2.27. The number of nitrogens with one attached hydrogen (secondary N) is 2. The van der Waals surface area contributed by atoms with Crippen LogP contribution in [-0.4, -0.2) is 11.8 Å². The van der Waals surface area contributed by atoms with E-state index in [0.29, 0.717) is 22.1 Å². The van der Waals surface area contributed by atoms with Gasteiger partial charge in [-0.1, -0.05) is 17.7 Å². The summed E-state index contributed by atoms with van der Waals surface area (Å²) in [5.41, 5.74) is 9.45. The Morgan fingerprint density at radius 3 is 2.12 bits per heavy atom. The summed E-state index contributed by atoms with van der Waals surface area (Å²) < 4.78 is 0. The fraction of sp³-hybridized carbons (Fsp3) is 0.111. The van der Waals surface area contributed by atoms with Gasteiger partial charge in [0.05, 0.1) is 0 Å². The number of aryl methyl sites for hydroxylation is 2. The van der Waals surface area contributed by atoms with Gasteiger partial charge >= 0.3 is 0 Å². The number of hydrogen-bond donors (Lipinski definition) is 3. The summed E-state index contributed by atoms with van der Waals surface area (Å²) in [6, 6.07) is 10.3. The van der Waals surface area contributed by atoms with Crippen LogP contribution in [0.4, 0.5) is 17.1 Å². The van der Waals surface area contributed by atoms with Crippen molar-refractivity contribution in [1.29, 1.82) is 0 Å². The lowest BCUT2D eigenvalue weighted by Gasteiger charge is -2.06. The minimum atomic E-state index is -0.452. The highest BCUT2D eigenvalue weighted by Crippen LogP contribution is 2.20. The molecule has 0 atom stereocenters. The minimum Gasteiger partial charge on any atom is -0.399 e. The van der Waals surface area contributed by atoms with Crippen molar-refractivity contribution in [3.05, 3.63) is 64.7 Å². The molecule has 6 heteroatoms. The van der Waals surface area contributed by atoms with E-state index in [-0.39, 0.29) is 5.91 Å². The zero-order chi connectivity index (χ0) is 17.7. The van der Waals surface area contributed by atoms with Crippen LogP contribution in [-0.2, 0) is 9.59 Å². The van der Waals surface area contributed by atoms with Gasteiger partial charge in [0, 0.05) is 34.2 Å². The molecular weight excluding hydrogens is 326 g/mol. The Balaban J connectivity index is 1.95. The normalized spacial score (nSPS) is 10.6. The molecule has 124 valence electrons. The van der Waals surface area contributed by atoms with Crippen molar-refractivity contribution in [3.8, 4) is 0 Å². The summed E-state index contributed by atoms with van der Waals surface area (Å²) in [4.78, 5) is 23.7. The van der Waals surface area contributed by atoms with Crippen LogP contribution in [0.25, 0.3) is 0 Å². The lowest BCUT2D eigenvalue weighted by molar-refractivity contribution is -0.114. The number of anilines is 3. The number of benzene rings is 2. The maximum Gasteiger partial charge on any atom is 0.248 e. The third-order valence-electron chi connectivity index (χ3n) is 3.35. The zero-order valence-corrected chi connectivity index (χ0v) is 14.1. The molecule has 0 spiro atoms. The number of nitrogen functional groups attached to an aromatic ring is 1. The summed E-state index contributed by atoms with van der Waals surface area (Å²) >= 11 is 5.86. The van der Waals surface area contributed by atoms with E-state index in [2.05, 4.69) is 10.6 Å². The predicted octanol–water partition coefficient (Wildman–Crippen LogP) is 3.67. The fourth-order valence-electron chi connectivity index (χ4n) is 2.02. The van der Waals surface area contributed by atoms with Crippen LogP contribution in [0.15, 0.2) is 48.6 Å². The second-order valence-electron chi connectivity index (χ2n) is 5.38. The van der Waals surface area contributed by atoms with Gasteiger partial charge in [-0.2, -0.15) is 0 Å². The third-order valence-corrected chi connectivity index (χ3v) is 3.57. The second kappa shape index (κ2) is 7.66. The molecule has 0 fully saturated rings. The summed E-state index contributed by atoms with van der Waals surface area (Å²) in [7, 11) is 0. The maximum absolute atomic E-state index is 11.9. The summed E-state index contributed by atoms with van der Waals surface area (Å²) in [6.07, 6.45) is 2.31. The highest BCUT2D eigenvalue weighted by Gasteiger charge is 2.03. The molecule has 0 heterocycles. The van der Waals surface area contributed by atoms with Gasteiger partial charge in [-0.05, 0) is 55.3 Å². The predicted molar refractivity (Wildman–Crippen MR) is 98.2 cm³/mol. The first kappa shape index (κ1) is 17.6. The van der Waals surface area contributed by atoms with E-state index in [4.69, 9.17) is 17.3 Å². The average Bonchev–Trinajstić information content (AvgIpc) is 2.48. The largest absolute Gasteiger partial charge is 0.399 e. The molecule has 2 amide bonds. The van der Waals surface area contributed by atoms with Crippen molar-refractivity contribution >= 4 is 40.5 Å². The van der Waals surface area contributed by atoms with Crippen LogP contribution in [0.3, 0.4) is 0 Å². The van der Waals surface area contributed by atoms with Crippen molar-refractivity contribution in [3.63, 3.8) is 0 Å². The van der Waals surface area contributed by atoms with Crippen molar-refractivity contribution < 1.29 is 9.59 Å². The Kier molecular flexibility index (Phi) is 5.60. The van der Waals surface area contributed by atoms with Gasteiger partial charge in [0.2, 0.25) is 11.8 Å². The van der Waals surface area contributed by atoms with Gasteiger partial charge in [-0.25, -0.2) is 0 Å². The highest BCUT2D eigenvalue weighted by atomic mass is 35.5. The second-order valence-corrected chi connectivity index (χ2v) is 5.82. The molecule has 4 N–H and O–H groups in total. The zero-order valence-electron chi connectivity index (χ0n) is 13.4. The Bertz CT molecular complexity index is 796. The molecule has 2 aromatic rings. The first-order valence-electron chi connectivity index (χ1n) is 7.27. The average molecular weight is 344 g/mol. The Hall–Kier alpha value is -2.79. The molecule has 0 radical (unpaired) electrons. The number of nitrogens with two attached hydrogens (primary N) is 1. The van der Waals surface area contributed by atoms with Crippen molar-refractivity contribution in [2.45, 2.75) is 13.8 Å². The highest BCUT2D eigenvalue weighted by molar-refractivity contribution is 6.31. The SMILES string of the molecule is Cc1ccc(NC(=O)C=CC(=O)Nc2cc(N)cc(Cl)c2)cc1C. The Morgan fingerprint density at radius 2 is 1.54 bits per heavy atom. The Labute approximate surface area is 145 Å². The van der Waals surface area contributed by atoms with Crippen molar-refractivity contribution in [2.75, 3.05) is 16.4 Å². The molecule has 24 heavy (non-hydrogen) atoms. The molecule has 0 aliphatic rings. The van der Waals surface area contributed by atoms with Gasteiger partial charge in [-0.15, -0.1) is 0 Å². The number of carbonyl (C=O) groups is 2. The molecule has 2 rings (SSSR count). The molecule has 0 bridgehead atoms. The monoisotopic (exact) mass is 343 g/mol. The maximum atomic E-state index is 11.9. The number of halogens is 1. The smallest absolute Gasteiger partial charge is 0.248 e. The third kappa shape index (κ3) is 5.14. The van der Waals surface area contributed by atoms with E-state index in [1.165, 1.54) is 6.08 Å². The number of carbonyl (C=O) groups excluding carboxylic acids is 2. The van der Waals surface area contributed by atoms with Crippen LogP contribution < -0.4 is 16.4 Å². The van der Waals surface area contributed by atoms with Crippen LogP contribution in [0, 0.1) is 13.8 Å². The molecule has 0 aromatic heterocycles. The molecule has 0 aliphatic heterocycles. The summed E-state index contributed by atoms with van der Waals surface area (Å²) in [5, 5.41) is 5.71. The van der Waals surface area contributed by atoms with Crippen LogP contribution in [0.2, 0.25) is 5.02 Å². The lowest BCUT2D eigenvalue weighted by Crippen LogP contribution is -2.12. The van der Waals surface area contributed by atoms with Crippen LogP contribution >= 0.6 is 11.6 Å². The number of amides is 2.